The van der Waals surface area contributed by atoms with E-state index in [2.05, 4.69) is 16.4 Å². The molecule has 3 N–H and O–H groups in total. The second kappa shape index (κ2) is 5.47. The van der Waals surface area contributed by atoms with Crippen LogP contribution < -0.4 is 11.1 Å². The van der Waals surface area contributed by atoms with Crippen LogP contribution in [0.15, 0.2) is 18.2 Å². The van der Waals surface area contributed by atoms with Crippen molar-refractivity contribution in [3.63, 3.8) is 0 Å². The molecule has 1 aromatic heterocycles. The highest BCUT2D eigenvalue weighted by Crippen LogP contribution is 2.27. The minimum Gasteiger partial charge on any atom is -0.364 e. The number of nitrogens with one attached hydrogen (secondary N) is 1. The summed E-state index contributed by atoms with van der Waals surface area (Å²) < 4.78 is 6.65. The average molecular weight is 291 g/mol. The first-order valence-electron chi connectivity index (χ1n) is 6.69. The summed E-state index contributed by atoms with van der Waals surface area (Å²) in [4.78, 5) is 16.5. The number of thiazole rings is 1. The number of hydrogen-bond donors (Lipinski definition) is 2. The molecule has 3 rings (SSSR count). The van der Waals surface area contributed by atoms with E-state index in [1.54, 1.807) is 0 Å². The van der Waals surface area contributed by atoms with Crippen LogP contribution in [0.1, 0.15) is 18.4 Å². The Morgan fingerprint density at radius 1 is 1.55 bits per heavy atom. The summed E-state index contributed by atoms with van der Waals surface area (Å²) in [6.07, 6.45) is 1.16. The Morgan fingerprint density at radius 3 is 3.15 bits per heavy atom. The quantitative estimate of drug-likeness (QED) is 0.907. The third-order valence-electron chi connectivity index (χ3n) is 3.44. The lowest BCUT2D eigenvalue weighted by atomic mass is 10.2. The largest absolute Gasteiger partial charge is 0.364 e. The molecule has 0 radical (unpaired) electrons. The van der Waals surface area contributed by atoms with Crippen molar-refractivity contribution in [2.75, 3.05) is 11.9 Å². The highest BCUT2D eigenvalue weighted by atomic mass is 32.1. The number of ether oxygens (including phenoxy) is 1. The maximum atomic E-state index is 12.1. The van der Waals surface area contributed by atoms with Crippen molar-refractivity contribution in [3.05, 3.63) is 23.8 Å². The van der Waals surface area contributed by atoms with Crippen LogP contribution in [0.2, 0.25) is 0 Å². The lowest BCUT2D eigenvalue weighted by Gasteiger charge is -2.10. The third kappa shape index (κ3) is 2.67. The van der Waals surface area contributed by atoms with E-state index in [0.29, 0.717) is 11.7 Å². The predicted octanol–water partition coefficient (Wildman–Crippen LogP) is 2.05. The van der Waals surface area contributed by atoms with E-state index >= 15 is 0 Å². The number of amides is 1. The van der Waals surface area contributed by atoms with E-state index in [0.717, 1.165) is 23.1 Å². The average Bonchev–Trinajstić information content (AvgIpc) is 3.03. The number of nitrogens with zero attached hydrogens (tertiary/aromatic N) is 1. The van der Waals surface area contributed by atoms with Crippen LogP contribution in [0.25, 0.3) is 10.2 Å². The van der Waals surface area contributed by atoms with Crippen molar-refractivity contribution in [1.29, 1.82) is 0 Å². The summed E-state index contributed by atoms with van der Waals surface area (Å²) in [5, 5.41) is 3.46. The molecule has 0 saturated carbocycles. The van der Waals surface area contributed by atoms with Crippen molar-refractivity contribution in [1.82, 2.24) is 4.98 Å². The molecule has 2 unspecified atom stereocenters. The van der Waals surface area contributed by atoms with E-state index in [1.807, 2.05) is 19.1 Å². The number of anilines is 1. The van der Waals surface area contributed by atoms with Crippen molar-refractivity contribution in [2.45, 2.75) is 32.0 Å². The van der Waals surface area contributed by atoms with Gasteiger partial charge >= 0.3 is 0 Å². The van der Waals surface area contributed by atoms with Gasteiger partial charge in [-0.25, -0.2) is 4.98 Å². The Balaban J connectivity index is 1.71. The summed E-state index contributed by atoms with van der Waals surface area (Å²) in [5.74, 6) is -0.128. The summed E-state index contributed by atoms with van der Waals surface area (Å²) in [6.45, 7) is 2.50. The van der Waals surface area contributed by atoms with Crippen molar-refractivity contribution in [3.8, 4) is 0 Å². The SMILES string of the molecule is Cc1ccc2nc(NC(=O)C3CCC(CN)O3)sc2c1. The smallest absolute Gasteiger partial charge is 0.255 e. The summed E-state index contributed by atoms with van der Waals surface area (Å²) in [7, 11) is 0. The van der Waals surface area contributed by atoms with Gasteiger partial charge in [0.25, 0.3) is 5.91 Å². The third-order valence-corrected chi connectivity index (χ3v) is 4.37. The van der Waals surface area contributed by atoms with Gasteiger partial charge in [0.1, 0.15) is 6.10 Å². The second-order valence-electron chi connectivity index (χ2n) is 5.04. The lowest BCUT2D eigenvalue weighted by molar-refractivity contribution is -0.126. The minimum atomic E-state index is -0.405. The Kier molecular flexibility index (Phi) is 3.69. The van der Waals surface area contributed by atoms with Gasteiger partial charge in [-0.2, -0.15) is 0 Å². The molecule has 0 aliphatic carbocycles. The van der Waals surface area contributed by atoms with Crippen LogP contribution in [0.5, 0.6) is 0 Å². The molecule has 6 heteroatoms. The molecule has 0 bridgehead atoms. The number of nitrogens with two attached hydrogens (primary N) is 1. The van der Waals surface area contributed by atoms with E-state index < -0.39 is 6.10 Å². The van der Waals surface area contributed by atoms with Crippen molar-refractivity contribution < 1.29 is 9.53 Å². The van der Waals surface area contributed by atoms with Crippen LogP contribution in [0.3, 0.4) is 0 Å². The molecule has 1 aliphatic rings. The van der Waals surface area contributed by atoms with Crippen LogP contribution >= 0.6 is 11.3 Å². The number of fused-ring (bicyclic) bond motifs is 1. The van der Waals surface area contributed by atoms with Crippen molar-refractivity contribution in [2.24, 2.45) is 5.73 Å². The molecule has 0 spiro atoms. The van der Waals surface area contributed by atoms with E-state index in [9.17, 15) is 4.79 Å². The molecular weight excluding hydrogens is 274 g/mol. The second-order valence-corrected chi connectivity index (χ2v) is 6.07. The minimum absolute atomic E-state index is 0.00349. The van der Waals surface area contributed by atoms with Crippen LogP contribution in [0, 0.1) is 6.92 Å². The zero-order chi connectivity index (χ0) is 14.1. The lowest BCUT2D eigenvalue weighted by Crippen LogP contribution is -2.29. The molecule has 1 fully saturated rings. The number of rotatable bonds is 3. The van der Waals surface area contributed by atoms with Gasteiger partial charge in [-0.3, -0.25) is 10.1 Å². The van der Waals surface area contributed by atoms with E-state index in [1.165, 1.54) is 16.9 Å². The molecule has 106 valence electrons. The first kappa shape index (κ1) is 13.5. The van der Waals surface area contributed by atoms with Gasteiger partial charge in [-0.05, 0) is 37.5 Å². The molecule has 2 aromatic rings. The molecule has 1 aromatic carbocycles. The number of hydrogen-bond acceptors (Lipinski definition) is 5. The first-order chi connectivity index (χ1) is 9.65. The van der Waals surface area contributed by atoms with Gasteiger partial charge in [-0.1, -0.05) is 17.4 Å². The van der Waals surface area contributed by atoms with Gasteiger partial charge in [0.2, 0.25) is 0 Å². The number of carbonyl (C=O) groups excluding carboxylic acids is 1. The maximum Gasteiger partial charge on any atom is 0.255 e. The standard InChI is InChI=1S/C14H17N3O2S/c1-8-2-4-10-12(6-8)20-14(16-10)17-13(18)11-5-3-9(7-15)19-11/h2,4,6,9,11H,3,5,7,15H2,1H3,(H,16,17,18). The van der Waals surface area contributed by atoms with Crippen LogP contribution in [-0.4, -0.2) is 29.6 Å². The molecule has 1 aliphatic heterocycles. The Bertz CT molecular complexity index is 640. The van der Waals surface area contributed by atoms with Crippen LogP contribution in [-0.2, 0) is 9.53 Å². The number of benzene rings is 1. The molecule has 1 amide bonds. The Morgan fingerprint density at radius 2 is 2.40 bits per heavy atom. The monoisotopic (exact) mass is 291 g/mol. The zero-order valence-corrected chi connectivity index (χ0v) is 12.1. The van der Waals surface area contributed by atoms with Gasteiger partial charge in [0, 0.05) is 6.54 Å². The summed E-state index contributed by atoms with van der Waals surface area (Å²) in [5.41, 5.74) is 7.64. The Hall–Kier alpha value is -1.50. The normalized spacial score (nSPS) is 22.3. The van der Waals surface area contributed by atoms with E-state index in [4.69, 9.17) is 10.5 Å². The fourth-order valence-electron chi connectivity index (χ4n) is 2.34. The highest BCUT2D eigenvalue weighted by Gasteiger charge is 2.30. The maximum absolute atomic E-state index is 12.1. The van der Waals surface area contributed by atoms with E-state index in [-0.39, 0.29) is 12.0 Å². The molecule has 2 heterocycles. The topological polar surface area (TPSA) is 77.2 Å². The van der Waals surface area contributed by atoms with Crippen molar-refractivity contribution >= 4 is 32.6 Å². The summed E-state index contributed by atoms with van der Waals surface area (Å²) in [6, 6.07) is 6.05. The number of aromatic nitrogens is 1. The van der Waals surface area contributed by atoms with Gasteiger partial charge in [-0.15, -0.1) is 0 Å². The zero-order valence-electron chi connectivity index (χ0n) is 11.3. The van der Waals surface area contributed by atoms with Gasteiger partial charge < -0.3 is 10.5 Å². The number of carbonyl (C=O) groups is 1. The molecule has 2 atom stereocenters. The first-order valence-corrected chi connectivity index (χ1v) is 7.51. The molecule has 1 saturated heterocycles. The fourth-order valence-corrected chi connectivity index (χ4v) is 3.31. The Labute approximate surface area is 121 Å². The predicted molar refractivity (Wildman–Crippen MR) is 79.9 cm³/mol. The van der Waals surface area contributed by atoms with Gasteiger partial charge in [0.05, 0.1) is 16.3 Å². The fraction of sp³-hybridized carbons (Fsp3) is 0.429. The molecule has 20 heavy (non-hydrogen) atoms. The number of aryl methyl sites for hydroxylation is 1. The summed E-state index contributed by atoms with van der Waals surface area (Å²) >= 11 is 1.48. The highest BCUT2D eigenvalue weighted by molar-refractivity contribution is 7.22. The van der Waals surface area contributed by atoms with Gasteiger partial charge in [0.15, 0.2) is 5.13 Å². The molecule has 5 nitrogen and oxygen atoms in total. The molecular formula is C14H17N3O2S. The van der Waals surface area contributed by atoms with Crippen LogP contribution in [0.4, 0.5) is 5.13 Å².